The number of hydrogen-bond acceptors (Lipinski definition) is 3. The van der Waals surface area contributed by atoms with Crippen LogP contribution in [-0.2, 0) is 0 Å². The maximum atomic E-state index is 5.93. The zero-order valence-corrected chi connectivity index (χ0v) is 11.1. The molecule has 94 valence electrons. The van der Waals surface area contributed by atoms with Crippen LogP contribution in [0.15, 0.2) is 12.4 Å². The second-order valence-corrected chi connectivity index (χ2v) is 5.41. The van der Waals surface area contributed by atoms with E-state index in [4.69, 9.17) is 11.6 Å². The maximum absolute atomic E-state index is 5.93. The van der Waals surface area contributed by atoms with E-state index in [1.807, 2.05) is 0 Å². The topological polar surface area (TPSA) is 37.8 Å². The number of rotatable bonds is 4. The Bertz CT molecular complexity index is 356. The standard InChI is InChI=1S/C13H20ClN3/c1-10-3-2-4-11(9-10)5-6-16-13-12(14)15-7-8-17-13/h7-8,10-11H,2-6,9H2,1H3,(H,16,17). The first-order valence-electron chi connectivity index (χ1n) is 6.46. The van der Waals surface area contributed by atoms with E-state index in [2.05, 4.69) is 22.2 Å². The van der Waals surface area contributed by atoms with E-state index in [0.29, 0.717) is 11.0 Å². The fourth-order valence-corrected chi connectivity index (χ4v) is 2.83. The van der Waals surface area contributed by atoms with Gasteiger partial charge in [-0.25, -0.2) is 9.97 Å². The Kier molecular flexibility index (Phi) is 4.60. The summed E-state index contributed by atoms with van der Waals surface area (Å²) in [4.78, 5) is 8.17. The molecule has 2 rings (SSSR count). The van der Waals surface area contributed by atoms with Crippen LogP contribution in [0.25, 0.3) is 0 Å². The SMILES string of the molecule is CC1CCCC(CCNc2nccnc2Cl)C1. The van der Waals surface area contributed by atoms with Crippen molar-refractivity contribution >= 4 is 17.4 Å². The molecule has 0 bridgehead atoms. The summed E-state index contributed by atoms with van der Waals surface area (Å²) >= 11 is 5.93. The highest BCUT2D eigenvalue weighted by Crippen LogP contribution is 2.30. The van der Waals surface area contributed by atoms with Crippen molar-refractivity contribution in [3.8, 4) is 0 Å². The highest BCUT2D eigenvalue weighted by Gasteiger charge is 2.18. The molecule has 0 aromatic carbocycles. The van der Waals surface area contributed by atoms with Gasteiger partial charge in [-0.2, -0.15) is 0 Å². The van der Waals surface area contributed by atoms with Gasteiger partial charge in [0.2, 0.25) is 0 Å². The van der Waals surface area contributed by atoms with Crippen LogP contribution in [0.3, 0.4) is 0 Å². The molecule has 3 nitrogen and oxygen atoms in total. The summed E-state index contributed by atoms with van der Waals surface area (Å²) in [6.07, 6.45) is 10.0. The quantitative estimate of drug-likeness (QED) is 0.888. The van der Waals surface area contributed by atoms with E-state index in [0.717, 1.165) is 18.4 Å². The van der Waals surface area contributed by atoms with Crippen molar-refractivity contribution in [3.63, 3.8) is 0 Å². The van der Waals surface area contributed by atoms with E-state index in [9.17, 15) is 0 Å². The molecule has 0 aliphatic heterocycles. The molecule has 0 amide bonds. The van der Waals surface area contributed by atoms with Gasteiger partial charge in [-0.05, 0) is 24.7 Å². The van der Waals surface area contributed by atoms with Crippen molar-refractivity contribution in [1.29, 1.82) is 0 Å². The lowest BCUT2D eigenvalue weighted by atomic mass is 9.81. The maximum Gasteiger partial charge on any atom is 0.171 e. The third-order valence-corrected chi connectivity index (χ3v) is 3.82. The smallest absolute Gasteiger partial charge is 0.171 e. The van der Waals surface area contributed by atoms with Gasteiger partial charge in [-0.3, -0.25) is 0 Å². The molecule has 2 atom stereocenters. The fraction of sp³-hybridized carbons (Fsp3) is 0.692. The van der Waals surface area contributed by atoms with Crippen molar-refractivity contribution in [3.05, 3.63) is 17.5 Å². The largest absolute Gasteiger partial charge is 0.368 e. The third kappa shape index (κ3) is 3.84. The van der Waals surface area contributed by atoms with Crippen molar-refractivity contribution in [2.75, 3.05) is 11.9 Å². The van der Waals surface area contributed by atoms with Crippen LogP contribution in [-0.4, -0.2) is 16.5 Å². The normalized spacial score (nSPS) is 24.6. The Hall–Kier alpha value is -0.830. The predicted molar refractivity (Wildman–Crippen MR) is 71.3 cm³/mol. The summed E-state index contributed by atoms with van der Waals surface area (Å²) in [7, 11) is 0. The first-order valence-corrected chi connectivity index (χ1v) is 6.84. The number of nitrogens with zero attached hydrogens (tertiary/aromatic N) is 2. The molecule has 1 fully saturated rings. The van der Waals surface area contributed by atoms with Crippen LogP contribution >= 0.6 is 11.6 Å². The molecular weight excluding hydrogens is 234 g/mol. The first kappa shape index (κ1) is 12.6. The van der Waals surface area contributed by atoms with Crippen LogP contribution in [0, 0.1) is 11.8 Å². The summed E-state index contributed by atoms with van der Waals surface area (Å²) in [6, 6.07) is 0. The Morgan fingerprint density at radius 3 is 2.94 bits per heavy atom. The zero-order valence-electron chi connectivity index (χ0n) is 10.3. The minimum absolute atomic E-state index is 0.463. The van der Waals surface area contributed by atoms with Crippen molar-refractivity contribution in [2.24, 2.45) is 11.8 Å². The van der Waals surface area contributed by atoms with Crippen LogP contribution in [0.5, 0.6) is 0 Å². The number of aromatic nitrogens is 2. The molecule has 4 heteroatoms. The lowest BCUT2D eigenvalue weighted by Gasteiger charge is -2.26. The summed E-state index contributed by atoms with van der Waals surface area (Å²) in [5.74, 6) is 2.47. The van der Waals surface area contributed by atoms with E-state index in [1.165, 1.54) is 32.1 Å². The number of nitrogens with one attached hydrogen (secondary N) is 1. The van der Waals surface area contributed by atoms with E-state index in [-0.39, 0.29) is 0 Å². The van der Waals surface area contributed by atoms with Gasteiger partial charge in [0.05, 0.1) is 0 Å². The molecule has 0 radical (unpaired) electrons. The molecule has 1 aliphatic rings. The van der Waals surface area contributed by atoms with Crippen molar-refractivity contribution in [1.82, 2.24) is 9.97 Å². The predicted octanol–water partition coefficient (Wildman–Crippen LogP) is 3.76. The van der Waals surface area contributed by atoms with Gasteiger partial charge < -0.3 is 5.32 Å². The number of hydrogen-bond donors (Lipinski definition) is 1. The van der Waals surface area contributed by atoms with Gasteiger partial charge in [-0.1, -0.05) is 37.8 Å². The Morgan fingerprint density at radius 2 is 2.18 bits per heavy atom. The van der Waals surface area contributed by atoms with Gasteiger partial charge in [-0.15, -0.1) is 0 Å². The van der Waals surface area contributed by atoms with Gasteiger partial charge >= 0.3 is 0 Å². The summed E-state index contributed by atoms with van der Waals surface area (Å²) < 4.78 is 0. The Labute approximate surface area is 108 Å². The molecule has 1 saturated carbocycles. The molecule has 1 aromatic rings. The van der Waals surface area contributed by atoms with Crippen molar-refractivity contribution in [2.45, 2.75) is 39.0 Å². The van der Waals surface area contributed by atoms with Gasteiger partial charge in [0, 0.05) is 18.9 Å². The summed E-state index contributed by atoms with van der Waals surface area (Å²) in [5.41, 5.74) is 0. The second-order valence-electron chi connectivity index (χ2n) is 5.05. The minimum Gasteiger partial charge on any atom is -0.368 e. The average Bonchev–Trinajstić information content (AvgIpc) is 2.32. The van der Waals surface area contributed by atoms with Crippen LogP contribution in [0.4, 0.5) is 5.82 Å². The molecule has 2 unspecified atom stereocenters. The van der Waals surface area contributed by atoms with Gasteiger partial charge in [0.25, 0.3) is 0 Å². The van der Waals surface area contributed by atoms with Crippen LogP contribution in [0.1, 0.15) is 39.0 Å². The van der Waals surface area contributed by atoms with E-state index >= 15 is 0 Å². The van der Waals surface area contributed by atoms with Gasteiger partial charge in [0.1, 0.15) is 0 Å². The summed E-state index contributed by atoms with van der Waals surface area (Å²) in [6.45, 7) is 3.30. The van der Waals surface area contributed by atoms with Crippen LogP contribution < -0.4 is 5.32 Å². The minimum atomic E-state index is 0.463. The monoisotopic (exact) mass is 253 g/mol. The number of halogens is 1. The average molecular weight is 254 g/mol. The molecule has 1 N–H and O–H groups in total. The Balaban J connectivity index is 1.74. The Morgan fingerprint density at radius 1 is 1.35 bits per heavy atom. The van der Waals surface area contributed by atoms with E-state index < -0.39 is 0 Å². The molecule has 0 saturated heterocycles. The molecule has 17 heavy (non-hydrogen) atoms. The summed E-state index contributed by atoms with van der Waals surface area (Å²) in [5, 5.41) is 3.73. The number of anilines is 1. The second kappa shape index (κ2) is 6.20. The molecule has 1 aromatic heterocycles. The third-order valence-electron chi connectivity index (χ3n) is 3.54. The highest BCUT2D eigenvalue weighted by molar-refractivity contribution is 6.31. The van der Waals surface area contributed by atoms with Gasteiger partial charge in [0.15, 0.2) is 11.0 Å². The zero-order chi connectivity index (χ0) is 12.1. The molecular formula is C13H20ClN3. The van der Waals surface area contributed by atoms with Crippen molar-refractivity contribution < 1.29 is 0 Å². The lowest BCUT2D eigenvalue weighted by Crippen LogP contribution is -2.17. The molecule has 1 aliphatic carbocycles. The highest BCUT2D eigenvalue weighted by atomic mass is 35.5. The van der Waals surface area contributed by atoms with E-state index in [1.54, 1.807) is 12.4 Å². The lowest BCUT2D eigenvalue weighted by molar-refractivity contribution is 0.274. The first-order chi connectivity index (χ1) is 8.25. The molecule has 0 spiro atoms. The van der Waals surface area contributed by atoms with Crippen LogP contribution in [0.2, 0.25) is 5.15 Å². The molecule has 1 heterocycles. The fourth-order valence-electron chi connectivity index (χ4n) is 2.66.